The summed E-state index contributed by atoms with van der Waals surface area (Å²) in [4.78, 5) is 26.7. The molecule has 1 heterocycles. The fraction of sp³-hybridized carbons (Fsp3) is 0.348. The van der Waals surface area contributed by atoms with E-state index >= 15 is 0 Å². The second-order valence-corrected chi connectivity index (χ2v) is 7.31. The molecule has 1 atom stereocenters. The molecule has 0 aliphatic heterocycles. The average molecular weight is 393 g/mol. The lowest BCUT2D eigenvalue weighted by molar-refractivity contribution is -0.384. The van der Waals surface area contributed by atoms with Crippen molar-refractivity contribution < 1.29 is 9.72 Å². The van der Waals surface area contributed by atoms with Crippen molar-refractivity contribution in [2.45, 2.75) is 44.9 Å². The van der Waals surface area contributed by atoms with Crippen molar-refractivity contribution in [3.8, 4) is 0 Å². The number of nitro groups is 1. The molecule has 29 heavy (non-hydrogen) atoms. The molecule has 0 saturated heterocycles. The Morgan fingerprint density at radius 2 is 1.97 bits per heavy atom. The number of fused-ring (bicyclic) bond motifs is 1. The number of para-hydroxylation sites is 1. The topological polar surface area (TPSA) is 88.0 Å². The number of nitrogens with one attached hydrogen (secondary N) is 2. The van der Waals surface area contributed by atoms with Crippen molar-refractivity contribution in [2.24, 2.45) is 0 Å². The van der Waals surface area contributed by atoms with Crippen molar-refractivity contribution in [1.82, 2.24) is 10.3 Å². The Morgan fingerprint density at radius 3 is 2.76 bits per heavy atom. The van der Waals surface area contributed by atoms with Crippen LogP contribution < -0.4 is 5.32 Å². The molecule has 0 spiro atoms. The van der Waals surface area contributed by atoms with Gasteiger partial charge in [0.05, 0.1) is 4.92 Å². The van der Waals surface area contributed by atoms with Gasteiger partial charge >= 0.3 is 0 Å². The molecular weight excluding hydrogens is 366 g/mol. The second-order valence-electron chi connectivity index (χ2n) is 7.31. The Morgan fingerprint density at radius 1 is 1.14 bits per heavy atom. The van der Waals surface area contributed by atoms with Crippen LogP contribution in [0.4, 0.5) is 5.69 Å². The maximum atomic E-state index is 12.7. The first kappa shape index (κ1) is 20.6. The Balaban J connectivity index is 1.85. The lowest BCUT2D eigenvalue weighted by Gasteiger charge is -2.17. The third-order valence-electron chi connectivity index (χ3n) is 5.22. The molecule has 152 valence electrons. The van der Waals surface area contributed by atoms with Crippen LogP contribution in [0, 0.1) is 10.1 Å². The summed E-state index contributed by atoms with van der Waals surface area (Å²) in [7, 11) is 0. The molecule has 3 rings (SSSR count). The number of amides is 1. The van der Waals surface area contributed by atoms with Crippen molar-refractivity contribution in [3.63, 3.8) is 0 Å². The van der Waals surface area contributed by atoms with Crippen LogP contribution in [0.5, 0.6) is 0 Å². The maximum Gasteiger partial charge on any atom is 0.269 e. The molecule has 0 radical (unpaired) electrons. The highest BCUT2D eigenvalue weighted by molar-refractivity contribution is 5.86. The summed E-state index contributed by atoms with van der Waals surface area (Å²) >= 11 is 0. The molecule has 0 aliphatic carbocycles. The zero-order valence-electron chi connectivity index (χ0n) is 16.7. The molecule has 0 bridgehead atoms. The summed E-state index contributed by atoms with van der Waals surface area (Å²) in [6.07, 6.45) is 6.55. The monoisotopic (exact) mass is 393 g/mol. The van der Waals surface area contributed by atoms with Gasteiger partial charge in [0.2, 0.25) is 5.91 Å². The molecule has 2 N–H and O–H groups in total. The first-order valence-electron chi connectivity index (χ1n) is 10.2. The van der Waals surface area contributed by atoms with Crippen LogP contribution in [0.1, 0.15) is 56.1 Å². The maximum absolute atomic E-state index is 12.7. The summed E-state index contributed by atoms with van der Waals surface area (Å²) < 4.78 is 0. The summed E-state index contributed by atoms with van der Waals surface area (Å²) in [5.41, 5.74) is 2.76. The standard InChI is InChI=1S/C23H27N3O3/c1-2-3-4-7-13-24-23(27)15-20(17-9-8-10-18(14-17)26(28)29)21-16-25-22-12-6-5-11-19(21)22/h5-6,8-12,14,16,20,25H,2-4,7,13,15H2,1H3,(H,24,27). The second kappa shape index (κ2) is 9.87. The number of nitrogens with zero attached hydrogens (tertiary/aromatic N) is 1. The van der Waals surface area contributed by atoms with E-state index in [2.05, 4.69) is 17.2 Å². The quantitative estimate of drug-likeness (QED) is 0.278. The SMILES string of the molecule is CCCCCCNC(=O)CC(c1cccc([N+](=O)[O-])c1)c1c[nH]c2ccccc12. The highest BCUT2D eigenvalue weighted by atomic mass is 16.6. The number of aromatic amines is 1. The van der Waals surface area contributed by atoms with Gasteiger partial charge in [-0.2, -0.15) is 0 Å². The fourth-order valence-corrected chi connectivity index (χ4v) is 3.68. The van der Waals surface area contributed by atoms with Crippen LogP contribution in [-0.4, -0.2) is 22.4 Å². The zero-order chi connectivity index (χ0) is 20.6. The van der Waals surface area contributed by atoms with Gasteiger partial charge in [0.15, 0.2) is 0 Å². The van der Waals surface area contributed by atoms with Crippen LogP contribution in [0.15, 0.2) is 54.7 Å². The smallest absolute Gasteiger partial charge is 0.269 e. The molecule has 6 nitrogen and oxygen atoms in total. The van der Waals surface area contributed by atoms with Gasteiger partial charge in [-0.25, -0.2) is 0 Å². The van der Waals surface area contributed by atoms with Crippen LogP contribution in [0.2, 0.25) is 0 Å². The fourth-order valence-electron chi connectivity index (χ4n) is 3.68. The number of non-ortho nitro benzene ring substituents is 1. The number of hydrogen-bond acceptors (Lipinski definition) is 3. The van der Waals surface area contributed by atoms with E-state index in [-0.39, 0.29) is 23.9 Å². The average Bonchev–Trinajstić information content (AvgIpc) is 3.16. The van der Waals surface area contributed by atoms with Gasteiger partial charge in [-0.15, -0.1) is 0 Å². The zero-order valence-corrected chi connectivity index (χ0v) is 16.7. The molecule has 0 fully saturated rings. The Hall–Kier alpha value is -3.15. The molecule has 2 aromatic carbocycles. The number of benzene rings is 2. The van der Waals surface area contributed by atoms with E-state index in [1.165, 1.54) is 12.5 Å². The molecule has 0 saturated carbocycles. The van der Waals surface area contributed by atoms with E-state index in [4.69, 9.17) is 0 Å². The minimum absolute atomic E-state index is 0.0346. The molecule has 6 heteroatoms. The van der Waals surface area contributed by atoms with Gasteiger partial charge in [0.1, 0.15) is 0 Å². The van der Waals surface area contributed by atoms with Gasteiger partial charge < -0.3 is 10.3 Å². The molecule has 1 amide bonds. The third-order valence-corrected chi connectivity index (χ3v) is 5.22. The van der Waals surface area contributed by atoms with Crippen LogP contribution >= 0.6 is 0 Å². The van der Waals surface area contributed by atoms with Crippen molar-refractivity contribution in [1.29, 1.82) is 0 Å². The summed E-state index contributed by atoms with van der Waals surface area (Å²) in [6.45, 7) is 2.82. The van der Waals surface area contributed by atoms with E-state index in [0.717, 1.165) is 41.3 Å². The largest absolute Gasteiger partial charge is 0.361 e. The lowest BCUT2D eigenvalue weighted by atomic mass is 9.87. The van der Waals surface area contributed by atoms with E-state index in [9.17, 15) is 14.9 Å². The molecule has 3 aromatic rings. The van der Waals surface area contributed by atoms with Gasteiger partial charge in [-0.05, 0) is 23.6 Å². The predicted molar refractivity (Wildman–Crippen MR) is 115 cm³/mol. The van der Waals surface area contributed by atoms with E-state index in [0.29, 0.717) is 6.54 Å². The first-order chi connectivity index (χ1) is 14.1. The summed E-state index contributed by atoms with van der Waals surface area (Å²) in [5.74, 6) is -0.301. The number of hydrogen-bond donors (Lipinski definition) is 2. The van der Waals surface area contributed by atoms with Crippen molar-refractivity contribution >= 4 is 22.5 Å². The molecule has 0 aliphatic rings. The van der Waals surface area contributed by atoms with Gasteiger partial charge in [0, 0.05) is 48.1 Å². The van der Waals surface area contributed by atoms with E-state index in [1.807, 2.05) is 36.5 Å². The van der Waals surface area contributed by atoms with E-state index in [1.54, 1.807) is 12.1 Å². The minimum atomic E-state index is -0.399. The van der Waals surface area contributed by atoms with Crippen molar-refractivity contribution in [3.05, 3.63) is 76.0 Å². The van der Waals surface area contributed by atoms with Gasteiger partial charge in [-0.3, -0.25) is 14.9 Å². The number of H-pyrrole nitrogens is 1. The normalized spacial score (nSPS) is 12.0. The first-order valence-corrected chi connectivity index (χ1v) is 10.2. The number of carbonyl (C=O) groups is 1. The van der Waals surface area contributed by atoms with Crippen LogP contribution in [-0.2, 0) is 4.79 Å². The van der Waals surface area contributed by atoms with Gasteiger partial charge in [0.25, 0.3) is 5.69 Å². The van der Waals surface area contributed by atoms with Gasteiger partial charge in [-0.1, -0.05) is 56.5 Å². The predicted octanol–water partition coefficient (Wildman–Crippen LogP) is 5.29. The van der Waals surface area contributed by atoms with Crippen molar-refractivity contribution in [2.75, 3.05) is 6.54 Å². The number of unbranched alkanes of at least 4 members (excludes halogenated alkanes) is 3. The highest BCUT2D eigenvalue weighted by Gasteiger charge is 2.23. The number of rotatable bonds is 10. The third kappa shape index (κ3) is 5.22. The number of carbonyl (C=O) groups excluding carboxylic acids is 1. The molecular formula is C23H27N3O3. The van der Waals surface area contributed by atoms with E-state index < -0.39 is 4.92 Å². The number of nitro benzene ring substituents is 1. The summed E-state index contributed by atoms with van der Waals surface area (Å²) in [5, 5.41) is 15.3. The lowest BCUT2D eigenvalue weighted by Crippen LogP contribution is -2.26. The minimum Gasteiger partial charge on any atom is -0.361 e. The highest BCUT2D eigenvalue weighted by Crippen LogP contribution is 2.34. The van der Waals surface area contributed by atoms with Crippen LogP contribution in [0.3, 0.4) is 0 Å². The summed E-state index contributed by atoms with van der Waals surface area (Å²) in [6, 6.07) is 14.5. The Bertz CT molecular complexity index is 980. The molecule has 1 unspecified atom stereocenters. The number of aromatic nitrogens is 1. The van der Waals surface area contributed by atoms with Crippen LogP contribution in [0.25, 0.3) is 10.9 Å². The molecule has 1 aromatic heterocycles. The Labute approximate surface area is 170 Å². The Kier molecular flexibility index (Phi) is 7.00.